The van der Waals surface area contributed by atoms with Gasteiger partial charge in [-0.25, -0.2) is 13.8 Å². The number of nitrogens with zero attached hydrogens (tertiary/aromatic N) is 5. The van der Waals surface area contributed by atoms with Crippen LogP contribution in [-0.2, 0) is 6.54 Å². The van der Waals surface area contributed by atoms with Gasteiger partial charge in [0.25, 0.3) is 5.56 Å². The van der Waals surface area contributed by atoms with Gasteiger partial charge in [-0.1, -0.05) is 0 Å². The molecule has 0 saturated heterocycles. The molecule has 3 aromatic rings. The number of phenolic OH excluding ortho intramolecular Hbond substituents is 1. The van der Waals surface area contributed by atoms with Crippen LogP contribution in [0.15, 0.2) is 35.4 Å². The second-order valence-electron chi connectivity index (χ2n) is 7.82. The third-order valence-corrected chi connectivity index (χ3v) is 5.50. The molecule has 1 aliphatic carbocycles. The zero-order chi connectivity index (χ0) is 23.3. The maximum atomic E-state index is 13.5. The SMILES string of the molecule is CN(c1ccc(-c2cc3ncn(CC(F)(F)F)c(=O)c3cc2O)nn1)[C@@H]1CCC(F)(F)C1. The molecular weight excluding hydrogens is 437 g/mol. The lowest BCUT2D eigenvalue weighted by Gasteiger charge is -2.25. The van der Waals surface area contributed by atoms with E-state index in [1.807, 2.05) is 0 Å². The Labute approximate surface area is 178 Å². The number of anilines is 1. The van der Waals surface area contributed by atoms with Crippen molar-refractivity contribution in [3.63, 3.8) is 0 Å². The molecule has 32 heavy (non-hydrogen) atoms. The maximum absolute atomic E-state index is 13.5. The third kappa shape index (κ3) is 4.34. The van der Waals surface area contributed by atoms with E-state index < -0.39 is 24.2 Å². The molecule has 7 nitrogen and oxygen atoms in total. The number of hydrogen-bond donors (Lipinski definition) is 1. The summed E-state index contributed by atoms with van der Waals surface area (Å²) in [4.78, 5) is 17.8. The molecule has 0 amide bonds. The van der Waals surface area contributed by atoms with E-state index in [1.54, 1.807) is 18.0 Å². The van der Waals surface area contributed by atoms with Crippen molar-refractivity contribution in [1.82, 2.24) is 19.7 Å². The molecule has 1 atom stereocenters. The van der Waals surface area contributed by atoms with Gasteiger partial charge in [0.1, 0.15) is 12.3 Å². The predicted molar refractivity (Wildman–Crippen MR) is 106 cm³/mol. The molecule has 2 aromatic heterocycles. The highest BCUT2D eigenvalue weighted by molar-refractivity contribution is 5.86. The molecule has 1 aromatic carbocycles. The fourth-order valence-corrected chi connectivity index (χ4v) is 3.81. The number of benzene rings is 1. The zero-order valence-corrected chi connectivity index (χ0v) is 16.8. The van der Waals surface area contributed by atoms with Gasteiger partial charge in [-0.15, -0.1) is 10.2 Å². The van der Waals surface area contributed by atoms with E-state index in [4.69, 9.17) is 0 Å². The summed E-state index contributed by atoms with van der Waals surface area (Å²) < 4.78 is 65.2. The Hall–Kier alpha value is -3.31. The average molecular weight is 455 g/mol. The van der Waals surface area contributed by atoms with Crippen molar-refractivity contribution in [1.29, 1.82) is 0 Å². The Bertz CT molecular complexity index is 1210. The van der Waals surface area contributed by atoms with Gasteiger partial charge in [-0.05, 0) is 30.7 Å². The Morgan fingerprint density at radius 2 is 2.00 bits per heavy atom. The van der Waals surface area contributed by atoms with Gasteiger partial charge in [0.15, 0.2) is 5.82 Å². The van der Waals surface area contributed by atoms with Gasteiger partial charge in [-0.2, -0.15) is 13.2 Å². The second-order valence-corrected chi connectivity index (χ2v) is 7.82. The molecule has 1 aliphatic rings. The molecule has 12 heteroatoms. The number of alkyl halides is 5. The highest BCUT2D eigenvalue weighted by atomic mass is 19.4. The van der Waals surface area contributed by atoms with E-state index in [0.717, 1.165) is 12.4 Å². The summed E-state index contributed by atoms with van der Waals surface area (Å²) in [6.45, 7) is -1.50. The summed E-state index contributed by atoms with van der Waals surface area (Å²) in [5.41, 5.74) is -0.463. The van der Waals surface area contributed by atoms with Crippen LogP contribution in [-0.4, -0.2) is 50.0 Å². The van der Waals surface area contributed by atoms with E-state index >= 15 is 0 Å². The summed E-state index contributed by atoms with van der Waals surface area (Å²) in [5, 5.41) is 18.3. The molecular formula is C20H18F5N5O2. The van der Waals surface area contributed by atoms with Gasteiger partial charge in [0, 0.05) is 31.5 Å². The Morgan fingerprint density at radius 3 is 2.59 bits per heavy atom. The van der Waals surface area contributed by atoms with E-state index in [1.165, 1.54) is 12.1 Å². The third-order valence-electron chi connectivity index (χ3n) is 5.50. The highest BCUT2D eigenvalue weighted by Gasteiger charge is 2.41. The molecule has 2 heterocycles. The van der Waals surface area contributed by atoms with Crippen molar-refractivity contribution in [3.05, 3.63) is 40.9 Å². The molecule has 4 rings (SSSR count). The van der Waals surface area contributed by atoms with Gasteiger partial charge >= 0.3 is 6.18 Å². The first kappa shape index (κ1) is 21.9. The number of fused-ring (bicyclic) bond motifs is 1. The molecule has 1 N–H and O–H groups in total. The molecule has 0 radical (unpaired) electrons. The Morgan fingerprint density at radius 1 is 1.25 bits per heavy atom. The lowest BCUT2D eigenvalue weighted by atomic mass is 10.1. The van der Waals surface area contributed by atoms with Crippen molar-refractivity contribution < 1.29 is 27.1 Å². The van der Waals surface area contributed by atoms with Crippen LogP contribution >= 0.6 is 0 Å². The Balaban J connectivity index is 1.63. The van der Waals surface area contributed by atoms with Crippen molar-refractivity contribution >= 4 is 16.7 Å². The van der Waals surface area contributed by atoms with Crippen molar-refractivity contribution in [3.8, 4) is 17.0 Å². The average Bonchev–Trinajstić information content (AvgIpc) is 3.09. The van der Waals surface area contributed by atoms with Gasteiger partial charge in [0.2, 0.25) is 5.92 Å². The summed E-state index contributed by atoms with van der Waals surface area (Å²) in [6, 6.07) is 5.08. The van der Waals surface area contributed by atoms with Crippen LogP contribution in [0, 0.1) is 0 Å². The maximum Gasteiger partial charge on any atom is 0.406 e. The van der Waals surface area contributed by atoms with Gasteiger partial charge < -0.3 is 10.0 Å². The van der Waals surface area contributed by atoms with Crippen LogP contribution < -0.4 is 10.5 Å². The summed E-state index contributed by atoms with van der Waals surface area (Å²) in [5.74, 6) is -2.70. The minimum Gasteiger partial charge on any atom is -0.507 e. The normalized spacial score (nSPS) is 18.2. The van der Waals surface area contributed by atoms with Crippen LogP contribution in [0.3, 0.4) is 0 Å². The zero-order valence-electron chi connectivity index (χ0n) is 16.8. The van der Waals surface area contributed by atoms with Crippen LogP contribution in [0.1, 0.15) is 19.3 Å². The van der Waals surface area contributed by atoms with E-state index in [-0.39, 0.29) is 46.8 Å². The lowest BCUT2D eigenvalue weighted by Crippen LogP contribution is -2.31. The number of hydrogen-bond acceptors (Lipinski definition) is 6. The predicted octanol–water partition coefficient (Wildman–Crippen LogP) is 3.75. The minimum absolute atomic E-state index is 0.0809. The topological polar surface area (TPSA) is 84.1 Å². The molecule has 170 valence electrons. The van der Waals surface area contributed by atoms with Crippen LogP contribution in [0.5, 0.6) is 5.75 Å². The minimum atomic E-state index is -4.60. The van der Waals surface area contributed by atoms with Crippen LogP contribution in [0.2, 0.25) is 0 Å². The molecule has 1 fully saturated rings. The second kappa shape index (κ2) is 7.68. The smallest absolute Gasteiger partial charge is 0.406 e. The molecule has 0 spiro atoms. The number of rotatable bonds is 4. The lowest BCUT2D eigenvalue weighted by molar-refractivity contribution is -0.141. The van der Waals surface area contributed by atoms with Gasteiger partial charge in [0.05, 0.1) is 22.9 Å². The van der Waals surface area contributed by atoms with Crippen molar-refractivity contribution in [2.45, 2.75) is 43.9 Å². The molecule has 0 bridgehead atoms. The number of aromatic nitrogens is 4. The summed E-state index contributed by atoms with van der Waals surface area (Å²) >= 11 is 0. The molecule has 0 unspecified atom stereocenters. The van der Waals surface area contributed by atoms with Crippen LogP contribution in [0.25, 0.3) is 22.2 Å². The van der Waals surface area contributed by atoms with Crippen molar-refractivity contribution in [2.24, 2.45) is 0 Å². The van der Waals surface area contributed by atoms with Gasteiger partial charge in [-0.3, -0.25) is 9.36 Å². The largest absolute Gasteiger partial charge is 0.507 e. The van der Waals surface area contributed by atoms with Crippen molar-refractivity contribution in [2.75, 3.05) is 11.9 Å². The van der Waals surface area contributed by atoms with E-state index in [0.29, 0.717) is 16.8 Å². The Kier molecular flexibility index (Phi) is 5.25. The number of aromatic hydroxyl groups is 1. The first-order valence-electron chi connectivity index (χ1n) is 9.67. The fraction of sp³-hybridized carbons (Fsp3) is 0.400. The van der Waals surface area contributed by atoms with Crippen LogP contribution in [0.4, 0.5) is 27.8 Å². The number of halogens is 5. The monoisotopic (exact) mass is 455 g/mol. The number of phenols is 1. The molecule has 0 aliphatic heterocycles. The molecule has 1 saturated carbocycles. The summed E-state index contributed by atoms with van der Waals surface area (Å²) in [7, 11) is 1.65. The van der Waals surface area contributed by atoms with E-state index in [9.17, 15) is 31.9 Å². The first-order valence-corrected chi connectivity index (χ1v) is 9.67. The first-order chi connectivity index (χ1) is 14.9. The summed E-state index contributed by atoms with van der Waals surface area (Å²) in [6.07, 6.45) is -3.93. The standard InChI is InChI=1S/C20H18F5N5O2/c1-29(11-4-5-19(21,22)8-11)17-3-2-14(27-28-17)12-6-15-13(7-16(12)31)18(32)30(10-26-15)9-20(23,24)25/h2-3,6-7,10-11,31H,4-5,8-9H2,1H3/t11-/m1/s1. The quantitative estimate of drug-likeness (QED) is 0.604. The van der Waals surface area contributed by atoms with E-state index in [2.05, 4.69) is 15.2 Å². The highest BCUT2D eigenvalue weighted by Crippen LogP contribution is 2.38. The fourth-order valence-electron chi connectivity index (χ4n) is 3.81.